The zero-order valence-electron chi connectivity index (χ0n) is 13.0. The molecule has 0 radical (unpaired) electrons. The van der Waals surface area contributed by atoms with Crippen molar-refractivity contribution in [2.75, 3.05) is 26.0 Å². The van der Waals surface area contributed by atoms with E-state index in [0.29, 0.717) is 5.82 Å². The summed E-state index contributed by atoms with van der Waals surface area (Å²) >= 11 is 0. The first-order valence-corrected chi connectivity index (χ1v) is 7.67. The molecule has 0 aliphatic heterocycles. The number of aromatic nitrogens is 2. The number of aliphatic hydroxyl groups is 1. The Hall–Kier alpha value is -1.40. The fourth-order valence-corrected chi connectivity index (χ4v) is 2.73. The lowest BCUT2D eigenvalue weighted by molar-refractivity contribution is -0.122. The summed E-state index contributed by atoms with van der Waals surface area (Å²) in [6.45, 7) is 1.68. The van der Waals surface area contributed by atoms with Gasteiger partial charge < -0.3 is 15.3 Å². The minimum atomic E-state index is -0.824. The molecule has 1 aliphatic rings. The molecular formula is C15H26N4O2. The largest absolute Gasteiger partial charge is 0.389 e. The standard InChI is InChI=1S/C15H26N4O2/c1-18(2)10-11-19-9-6-13(17-19)16-14(20)12-15(21)7-4-3-5-8-15/h6,9,21H,3-5,7-8,10-12H2,1-2H3,(H,16,17,20). The van der Waals surface area contributed by atoms with Crippen molar-refractivity contribution in [2.45, 2.75) is 50.7 Å². The van der Waals surface area contributed by atoms with Crippen molar-refractivity contribution in [3.8, 4) is 0 Å². The van der Waals surface area contributed by atoms with Gasteiger partial charge in [-0.25, -0.2) is 0 Å². The van der Waals surface area contributed by atoms with Gasteiger partial charge in [0, 0.05) is 18.8 Å². The van der Waals surface area contributed by atoms with E-state index in [0.717, 1.165) is 45.2 Å². The van der Waals surface area contributed by atoms with E-state index in [1.54, 1.807) is 6.07 Å². The molecule has 0 unspecified atom stereocenters. The highest BCUT2D eigenvalue weighted by molar-refractivity contribution is 5.90. The summed E-state index contributed by atoms with van der Waals surface area (Å²) in [5.74, 6) is 0.399. The molecular weight excluding hydrogens is 268 g/mol. The lowest BCUT2D eigenvalue weighted by Gasteiger charge is -2.31. The molecule has 1 aromatic heterocycles. The van der Waals surface area contributed by atoms with Gasteiger partial charge in [0.05, 0.1) is 18.6 Å². The van der Waals surface area contributed by atoms with E-state index in [-0.39, 0.29) is 12.3 Å². The molecule has 0 atom stereocenters. The van der Waals surface area contributed by atoms with Crippen molar-refractivity contribution in [3.63, 3.8) is 0 Å². The predicted octanol–water partition coefficient (Wildman–Crippen LogP) is 1.47. The van der Waals surface area contributed by atoms with E-state index in [9.17, 15) is 9.90 Å². The van der Waals surface area contributed by atoms with E-state index >= 15 is 0 Å². The quantitative estimate of drug-likeness (QED) is 0.833. The molecule has 0 aromatic carbocycles. The second kappa shape index (κ2) is 7.04. The Morgan fingerprint density at radius 3 is 2.81 bits per heavy atom. The molecule has 0 bridgehead atoms. The van der Waals surface area contributed by atoms with Gasteiger partial charge >= 0.3 is 0 Å². The van der Waals surface area contributed by atoms with Crippen molar-refractivity contribution < 1.29 is 9.90 Å². The zero-order chi connectivity index (χ0) is 15.3. The topological polar surface area (TPSA) is 70.4 Å². The van der Waals surface area contributed by atoms with Gasteiger partial charge in [0.2, 0.25) is 5.91 Å². The third kappa shape index (κ3) is 5.13. The van der Waals surface area contributed by atoms with Crippen LogP contribution in [0.2, 0.25) is 0 Å². The van der Waals surface area contributed by atoms with E-state index < -0.39 is 5.60 Å². The minimum absolute atomic E-state index is 0.155. The van der Waals surface area contributed by atoms with Crippen LogP contribution in [0.4, 0.5) is 5.82 Å². The first-order chi connectivity index (χ1) is 9.97. The molecule has 6 heteroatoms. The Bertz CT molecular complexity index is 464. The highest BCUT2D eigenvalue weighted by Crippen LogP contribution is 2.30. The fourth-order valence-electron chi connectivity index (χ4n) is 2.73. The van der Waals surface area contributed by atoms with Crippen LogP contribution in [0.15, 0.2) is 12.3 Å². The first kappa shape index (κ1) is 16.0. The molecule has 1 saturated carbocycles. The van der Waals surface area contributed by atoms with Crippen LogP contribution < -0.4 is 5.32 Å². The molecule has 1 aromatic rings. The SMILES string of the molecule is CN(C)CCn1ccc(NC(=O)CC2(O)CCCCC2)n1. The number of hydrogen-bond donors (Lipinski definition) is 2. The number of rotatable bonds is 6. The van der Waals surface area contributed by atoms with E-state index in [1.165, 1.54) is 0 Å². The number of nitrogens with zero attached hydrogens (tertiary/aromatic N) is 3. The van der Waals surface area contributed by atoms with Gasteiger partial charge in [-0.2, -0.15) is 5.10 Å². The summed E-state index contributed by atoms with van der Waals surface area (Å²) in [5.41, 5.74) is -0.824. The summed E-state index contributed by atoms with van der Waals surface area (Å²) in [4.78, 5) is 14.1. The molecule has 118 valence electrons. The van der Waals surface area contributed by atoms with Crippen LogP contribution in [-0.4, -0.2) is 51.9 Å². The Morgan fingerprint density at radius 2 is 2.14 bits per heavy atom. The second-order valence-electron chi connectivity index (χ2n) is 6.28. The molecule has 6 nitrogen and oxygen atoms in total. The lowest BCUT2D eigenvalue weighted by atomic mass is 9.82. The minimum Gasteiger partial charge on any atom is -0.389 e. The highest BCUT2D eigenvalue weighted by Gasteiger charge is 2.31. The Kier molecular flexibility index (Phi) is 5.36. The third-order valence-corrected chi connectivity index (χ3v) is 3.96. The number of carbonyl (C=O) groups excluding carboxylic acids is 1. The molecule has 0 saturated heterocycles. The number of likely N-dealkylation sites (N-methyl/N-ethyl adjacent to an activating group) is 1. The van der Waals surface area contributed by atoms with Crippen LogP contribution in [0.25, 0.3) is 0 Å². The Balaban J connectivity index is 1.82. The maximum Gasteiger partial charge on any atom is 0.228 e. The molecule has 0 spiro atoms. The molecule has 21 heavy (non-hydrogen) atoms. The van der Waals surface area contributed by atoms with Gasteiger partial charge in [0.25, 0.3) is 0 Å². The van der Waals surface area contributed by atoms with E-state index in [1.807, 2.05) is 25.0 Å². The van der Waals surface area contributed by atoms with Gasteiger partial charge in [-0.15, -0.1) is 0 Å². The lowest BCUT2D eigenvalue weighted by Crippen LogP contribution is -2.36. The van der Waals surface area contributed by atoms with Crippen LogP contribution in [-0.2, 0) is 11.3 Å². The van der Waals surface area contributed by atoms with Crippen molar-refractivity contribution in [3.05, 3.63) is 12.3 Å². The summed E-state index contributed by atoms with van der Waals surface area (Å²) in [6, 6.07) is 1.79. The first-order valence-electron chi connectivity index (χ1n) is 7.67. The average Bonchev–Trinajstić information content (AvgIpc) is 2.84. The third-order valence-electron chi connectivity index (χ3n) is 3.96. The molecule has 1 heterocycles. The second-order valence-corrected chi connectivity index (χ2v) is 6.28. The number of anilines is 1. The maximum absolute atomic E-state index is 12.0. The van der Waals surface area contributed by atoms with Gasteiger partial charge in [0.1, 0.15) is 0 Å². The van der Waals surface area contributed by atoms with Crippen LogP contribution in [0.1, 0.15) is 38.5 Å². The van der Waals surface area contributed by atoms with Gasteiger partial charge in [0.15, 0.2) is 5.82 Å². The Labute approximate surface area is 126 Å². The van der Waals surface area contributed by atoms with Crippen molar-refractivity contribution in [2.24, 2.45) is 0 Å². The van der Waals surface area contributed by atoms with Crippen molar-refractivity contribution in [1.82, 2.24) is 14.7 Å². The predicted molar refractivity (Wildman–Crippen MR) is 82.1 cm³/mol. The highest BCUT2D eigenvalue weighted by atomic mass is 16.3. The summed E-state index contributed by atoms with van der Waals surface area (Å²) in [5, 5.41) is 17.5. The van der Waals surface area contributed by atoms with E-state index in [4.69, 9.17) is 0 Å². The van der Waals surface area contributed by atoms with E-state index in [2.05, 4.69) is 15.3 Å². The van der Waals surface area contributed by atoms with Gasteiger partial charge in [-0.1, -0.05) is 19.3 Å². The van der Waals surface area contributed by atoms with Crippen LogP contribution in [0, 0.1) is 0 Å². The molecule has 2 rings (SSSR count). The van der Waals surface area contributed by atoms with Crippen LogP contribution >= 0.6 is 0 Å². The van der Waals surface area contributed by atoms with Gasteiger partial charge in [-0.3, -0.25) is 9.48 Å². The molecule has 1 fully saturated rings. The Morgan fingerprint density at radius 1 is 1.43 bits per heavy atom. The van der Waals surface area contributed by atoms with Crippen LogP contribution in [0.3, 0.4) is 0 Å². The molecule has 1 aliphatic carbocycles. The summed E-state index contributed by atoms with van der Waals surface area (Å²) in [6.07, 6.45) is 6.62. The van der Waals surface area contributed by atoms with Crippen LogP contribution in [0.5, 0.6) is 0 Å². The van der Waals surface area contributed by atoms with Crippen molar-refractivity contribution >= 4 is 11.7 Å². The maximum atomic E-state index is 12.0. The van der Waals surface area contributed by atoms with Gasteiger partial charge in [-0.05, 0) is 26.9 Å². The summed E-state index contributed by atoms with van der Waals surface area (Å²) in [7, 11) is 4.02. The number of carbonyl (C=O) groups is 1. The zero-order valence-corrected chi connectivity index (χ0v) is 13.0. The number of amides is 1. The average molecular weight is 294 g/mol. The normalized spacial score (nSPS) is 17.9. The molecule has 1 amide bonds. The van der Waals surface area contributed by atoms with Crippen molar-refractivity contribution in [1.29, 1.82) is 0 Å². The number of hydrogen-bond acceptors (Lipinski definition) is 4. The monoisotopic (exact) mass is 294 g/mol. The summed E-state index contributed by atoms with van der Waals surface area (Å²) < 4.78 is 1.81. The molecule has 2 N–H and O–H groups in total. The number of nitrogens with one attached hydrogen (secondary N) is 1. The fraction of sp³-hybridized carbons (Fsp3) is 0.733. The smallest absolute Gasteiger partial charge is 0.228 e.